The molecule has 0 aliphatic carbocycles. The second-order valence-corrected chi connectivity index (χ2v) is 6.07. The molecule has 1 saturated heterocycles. The Hall–Kier alpha value is -2.00. The summed E-state index contributed by atoms with van der Waals surface area (Å²) in [7, 11) is 1.70. The van der Waals surface area contributed by atoms with Gasteiger partial charge in [-0.3, -0.25) is 0 Å². The van der Waals surface area contributed by atoms with Crippen molar-refractivity contribution in [2.45, 2.75) is 38.3 Å². The average molecular weight is 311 g/mol. The summed E-state index contributed by atoms with van der Waals surface area (Å²) in [6.45, 7) is 1.68. The number of nitrogens with one attached hydrogen (secondary N) is 1. The fraction of sp³-hybridized carbons (Fsp3) is 0.400. The highest BCUT2D eigenvalue weighted by atomic mass is 16.5. The SMILES string of the molecule is COc1cccc(CC2CCCCN2)c1OCc1ccccc1. The number of ether oxygens (including phenoxy) is 2. The van der Waals surface area contributed by atoms with E-state index in [1.165, 1.54) is 30.4 Å². The molecule has 0 bridgehead atoms. The van der Waals surface area contributed by atoms with Crippen LogP contribution in [-0.4, -0.2) is 19.7 Å². The van der Waals surface area contributed by atoms with E-state index >= 15 is 0 Å². The summed E-state index contributed by atoms with van der Waals surface area (Å²) in [5.74, 6) is 1.69. The van der Waals surface area contributed by atoms with E-state index in [1.807, 2.05) is 30.3 Å². The molecule has 0 amide bonds. The summed E-state index contributed by atoms with van der Waals surface area (Å²) in [5, 5.41) is 3.61. The molecule has 1 fully saturated rings. The summed E-state index contributed by atoms with van der Waals surface area (Å²) in [4.78, 5) is 0. The molecule has 0 aromatic heterocycles. The zero-order valence-corrected chi connectivity index (χ0v) is 13.8. The van der Waals surface area contributed by atoms with Gasteiger partial charge in [-0.1, -0.05) is 48.9 Å². The maximum Gasteiger partial charge on any atom is 0.164 e. The molecule has 3 nitrogen and oxygen atoms in total. The van der Waals surface area contributed by atoms with Gasteiger partial charge in [-0.2, -0.15) is 0 Å². The monoisotopic (exact) mass is 311 g/mol. The van der Waals surface area contributed by atoms with Crippen LogP contribution in [-0.2, 0) is 13.0 Å². The molecule has 1 N–H and O–H groups in total. The normalized spacial score (nSPS) is 17.7. The third-order valence-electron chi connectivity index (χ3n) is 4.39. The highest BCUT2D eigenvalue weighted by Crippen LogP contribution is 2.33. The number of para-hydroxylation sites is 1. The Morgan fingerprint density at radius 3 is 2.65 bits per heavy atom. The summed E-state index contributed by atoms with van der Waals surface area (Å²) in [6, 6.07) is 17.0. The quantitative estimate of drug-likeness (QED) is 0.876. The second-order valence-electron chi connectivity index (χ2n) is 6.07. The van der Waals surface area contributed by atoms with Crippen LogP contribution in [0.3, 0.4) is 0 Å². The largest absolute Gasteiger partial charge is 0.493 e. The molecule has 1 heterocycles. The lowest BCUT2D eigenvalue weighted by molar-refractivity contribution is 0.279. The Kier molecular flexibility index (Phi) is 5.54. The van der Waals surface area contributed by atoms with Gasteiger partial charge in [0.05, 0.1) is 7.11 Å². The van der Waals surface area contributed by atoms with E-state index in [9.17, 15) is 0 Å². The number of methoxy groups -OCH3 is 1. The first kappa shape index (κ1) is 15.9. The summed E-state index contributed by atoms with van der Waals surface area (Å²) in [6.07, 6.45) is 4.81. The van der Waals surface area contributed by atoms with Gasteiger partial charge in [-0.15, -0.1) is 0 Å². The van der Waals surface area contributed by atoms with Crippen molar-refractivity contribution < 1.29 is 9.47 Å². The van der Waals surface area contributed by atoms with Gasteiger partial charge in [-0.25, -0.2) is 0 Å². The highest BCUT2D eigenvalue weighted by molar-refractivity contribution is 5.47. The molecule has 3 rings (SSSR count). The van der Waals surface area contributed by atoms with Crippen molar-refractivity contribution in [3.05, 3.63) is 59.7 Å². The van der Waals surface area contributed by atoms with Gasteiger partial charge in [0, 0.05) is 6.04 Å². The van der Waals surface area contributed by atoms with Gasteiger partial charge >= 0.3 is 0 Å². The van der Waals surface area contributed by atoms with E-state index < -0.39 is 0 Å². The van der Waals surface area contributed by atoms with Crippen LogP contribution in [0.25, 0.3) is 0 Å². The maximum atomic E-state index is 6.13. The Morgan fingerprint density at radius 2 is 1.91 bits per heavy atom. The molecule has 0 radical (unpaired) electrons. The van der Waals surface area contributed by atoms with Gasteiger partial charge < -0.3 is 14.8 Å². The lowest BCUT2D eigenvalue weighted by atomic mass is 9.97. The topological polar surface area (TPSA) is 30.5 Å². The molecule has 1 aliphatic rings. The fourth-order valence-electron chi connectivity index (χ4n) is 3.14. The predicted octanol–water partition coefficient (Wildman–Crippen LogP) is 3.96. The first-order chi connectivity index (χ1) is 11.4. The first-order valence-corrected chi connectivity index (χ1v) is 8.43. The molecule has 0 saturated carbocycles. The van der Waals surface area contributed by atoms with Crippen molar-refractivity contribution in [2.24, 2.45) is 0 Å². The molecule has 1 atom stereocenters. The lowest BCUT2D eigenvalue weighted by Crippen LogP contribution is -2.35. The standard InChI is InChI=1S/C20H25NO2/c1-22-19-12-7-10-17(14-18-11-5-6-13-21-18)20(19)23-15-16-8-3-2-4-9-16/h2-4,7-10,12,18,21H,5-6,11,13-15H2,1H3. The van der Waals surface area contributed by atoms with Gasteiger partial charge in [0.15, 0.2) is 11.5 Å². The molecule has 23 heavy (non-hydrogen) atoms. The number of rotatable bonds is 6. The van der Waals surface area contributed by atoms with E-state index in [2.05, 4.69) is 23.5 Å². The van der Waals surface area contributed by atoms with Crippen molar-refractivity contribution in [3.8, 4) is 11.5 Å². The molecular formula is C20H25NO2. The van der Waals surface area contributed by atoms with Crippen molar-refractivity contribution in [1.29, 1.82) is 0 Å². The summed E-state index contributed by atoms with van der Waals surface area (Å²) in [5.41, 5.74) is 2.39. The van der Waals surface area contributed by atoms with Crippen molar-refractivity contribution in [3.63, 3.8) is 0 Å². The van der Waals surface area contributed by atoms with Crippen molar-refractivity contribution in [2.75, 3.05) is 13.7 Å². The zero-order valence-electron chi connectivity index (χ0n) is 13.8. The molecule has 0 spiro atoms. The van der Waals surface area contributed by atoms with Gasteiger partial charge in [0.1, 0.15) is 6.61 Å². The van der Waals surface area contributed by atoms with Crippen LogP contribution in [0.2, 0.25) is 0 Å². The Labute approximate surface area is 138 Å². The summed E-state index contributed by atoms with van der Waals surface area (Å²) < 4.78 is 11.7. The minimum absolute atomic E-state index is 0.537. The maximum absolute atomic E-state index is 6.13. The molecule has 2 aromatic carbocycles. The van der Waals surface area contributed by atoms with Crippen LogP contribution in [0, 0.1) is 0 Å². The minimum Gasteiger partial charge on any atom is -0.493 e. The molecular weight excluding hydrogens is 286 g/mol. The fourth-order valence-corrected chi connectivity index (χ4v) is 3.14. The molecule has 1 unspecified atom stereocenters. The third-order valence-corrected chi connectivity index (χ3v) is 4.39. The Balaban J connectivity index is 1.75. The van der Waals surface area contributed by atoms with Crippen LogP contribution >= 0.6 is 0 Å². The average Bonchev–Trinajstić information content (AvgIpc) is 2.62. The molecule has 1 aliphatic heterocycles. The third kappa shape index (κ3) is 4.26. The Morgan fingerprint density at radius 1 is 1.04 bits per heavy atom. The smallest absolute Gasteiger partial charge is 0.164 e. The van der Waals surface area contributed by atoms with Crippen LogP contribution in [0.15, 0.2) is 48.5 Å². The number of piperidine rings is 1. The first-order valence-electron chi connectivity index (χ1n) is 8.43. The van der Waals surface area contributed by atoms with E-state index in [0.29, 0.717) is 12.6 Å². The lowest BCUT2D eigenvalue weighted by Gasteiger charge is -2.25. The van der Waals surface area contributed by atoms with Gasteiger partial charge in [-0.05, 0) is 43.0 Å². The molecule has 2 aromatic rings. The molecule has 3 heteroatoms. The van der Waals surface area contributed by atoms with Crippen molar-refractivity contribution in [1.82, 2.24) is 5.32 Å². The van der Waals surface area contributed by atoms with Crippen LogP contribution < -0.4 is 14.8 Å². The van der Waals surface area contributed by atoms with E-state index in [-0.39, 0.29) is 0 Å². The van der Waals surface area contributed by atoms with Crippen LogP contribution in [0.5, 0.6) is 11.5 Å². The second kappa shape index (κ2) is 8.02. The predicted molar refractivity (Wildman–Crippen MR) is 93.1 cm³/mol. The van der Waals surface area contributed by atoms with Crippen LogP contribution in [0.1, 0.15) is 30.4 Å². The van der Waals surface area contributed by atoms with E-state index in [0.717, 1.165) is 24.5 Å². The van der Waals surface area contributed by atoms with E-state index in [4.69, 9.17) is 9.47 Å². The van der Waals surface area contributed by atoms with Crippen LogP contribution in [0.4, 0.5) is 0 Å². The van der Waals surface area contributed by atoms with E-state index in [1.54, 1.807) is 7.11 Å². The van der Waals surface area contributed by atoms with Gasteiger partial charge in [0.25, 0.3) is 0 Å². The van der Waals surface area contributed by atoms with Gasteiger partial charge in [0.2, 0.25) is 0 Å². The minimum atomic E-state index is 0.537. The summed E-state index contributed by atoms with van der Waals surface area (Å²) >= 11 is 0. The van der Waals surface area contributed by atoms with Crippen molar-refractivity contribution >= 4 is 0 Å². The number of hydrogen-bond acceptors (Lipinski definition) is 3. The highest BCUT2D eigenvalue weighted by Gasteiger charge is 2.17. The number of benzene rings is 2. The molecule has 122 valence electrons. The Bertz CT molecular complexity index is 606. The number of hydrogen-bond donors (Lipinski definition) is 1. The zero-order chi connectivity index (χ0) is 15.9.